The van der Waals surface area contributed by atoms with E-state index in [0.29, 0.717) is 6.08 Å². The van der Waals surface area contributed by atoms with E-state index in [1.807, 2.05) is 0 Å². The molecule has 2 aliphatic rings. The minimum absolute atomic E-state index is 0. The van der Waals surface area contributed by atoms with Gasteiger partial charge in [0.15, 0.2) is 5.71 Å². The summed E-state index contributed by atoms with van der Waals surface area (Å²) >= 11 is 0. The number of carbonyl (C=O) groups is 1. The number of nitrogens with zero attached hydrogens (tertiary/aromatic N) is 4. The molecule has 14 nitrogen and oxygen atoms in total. The Morgan fingerprint density at radius 1 is 1.00 bits per heavy atom. The summed E-state index contributed by atoms with van der Waals surface area (Å²) in [6, 6.07) is 3.27. The summed E-state index contributed by atoms with van der Waals surface area (Å²) in [7, 11) is -9.64. The summed E-state index contributed by atoms with van der Waals surface area (Å²) in [4.78, 5) is 11.5. The summed E-state index contributed by atoms with van der Waals surface area (Å²) < 4.78 is 67.2. The normalized spacial score (nSPS) is 17.7. The van der Waals surface area contributed by atoms with Gasteiger partial charge in [-0.1, -0.05) is 6.08 Å². The van der Waals surface area contributed by atoms with Crippen molar-refractivity contribution in [1.82, 2.24) is 0 Å². The average molecular weight is 584 g/mol. The molecule has 1 aromatic rings. The van der Waals surface area contributed by atoms with Crippen molar-refractivity contribution in [3.63, 3.8) is 0 Å². The fourth-order valence-electron chi connectivity index (χ4n) is 2.82. The molecular formula is C18H13CrN4NaO10S2-. The number of rotatable bonds is 4. The molecule has 18 heteroatoms. The number of aryl methyl sites for hydroxylation is 1. The molecule has 3 rings (SSSR count). The minimum atomic E-state index is -4.93. The van der Waals surface area contributed by atoms with Gasteiger partial charge in [-0.3, -0.25) is 4.79 Å². The monoisotopic (exact) mass is 584 g/mol. The first-order valence-electron chi connectivity index (χ1n) is 8.76. The molecule has 1 aliphatic heterocycles. The van der Waals surface area contributed by atoms with Crippen molar-refractivity contribution in [2.24, 2.45) is 15.3 Å². The van der Waals surface area contributed by atoms with E-state index >= 15 is 0 Å². The van der Waals surface area contributed by atoms with Gasteiger partial charge in [0, 0.05) is 0 Å². The maximum absolute atomic E-state index is 12.8. The number of hydrogen-bond acceptors (Lipinski definition) is 13. The smallest absolute Gasteiger partial charge is 0.883 e. The van der Waals surface area contributed by atoms with Crippen molar-refractivity contribution in [1.29, 1.82) is 0 Å². The zero-order valence-corrected chi connectivity index (χ0v) is 23.5. The van der Waals surface area contributed by atoms with E-state index in [1.54, 1.807) is 0 Å². The van der Waals surface area contributed by atoms with Gasteiger partial charge in [0.25, 0.3) is 0 Å². The molecule has 0 unspecified atom stereocenters. The first-order chi connectivity index (χ1) is 15.2. The standard InChI is InChI=1S/C18H16N4O9S2.Cr.Na.H2O/c1-9-7-11(32(26,27)28)4-6-15(9)22-17(23)16(10(2)21-22)20-19-14-8-12(33(29,30)31)3-5-13(14)18(24)25;;;/h3-8,24-25H,1-2H3,(H,26,27,28)(H,29,30,31);;;1H2/q;+3;+1;/p-5/b19-14+,20-16-;;;. The Balaban J connectivity index is 0.00000408. The second-order valence-electron chi connectivity index (χ2n) is 6.67. The number of carbonyl (C=O) groups excluding carboxylic acids is 1. The zero-order valence-electron chi connectivity index (χ0n) is 18.6. The number of hydrogen-bond donors (Lipinski definition) is 0. The Morgan fingerprint density at radius 2 is 1.61 bits per heavy atom. The van der Waals surface area contributed by atoms with Crippen LogP contribution >= 0.6 is 0 Å². The van der Waals surface area contributed by atoms with Gasteiger partial charge >= 0.3 is 52.8 Å². The third-order valence-electron chi connectivity index (χ3n) is 4.41. The van der Waals surface area contributed by atoms with Gasteiger partial charge in [0.2, 0.25) is 0 Å². The molecule has 0 aromatic heterocycles. The quantitative estimate of drug-likeness (QED) is 0.141. The van der Waals surface area contributed by atoms with Crippen LogP contribution in [0.3, 0.4) is 0 Å². The molecule has 0 saturated heterocycles. The summed E-state index contributed by atoms with van der Waals surface area (Å²) in [5, 5.41) is 34.7. The van der Waals surface area contributed by atoms with Gasteiger partial charge in [0.1, 0.15) is 20.2 Å². The van der Waals surface area contributed by atoms with Crippen LogP contribution in [0, 0.1) is 6.92 Å². The average Bonchev–Trinajstić information content (AvgIpc) is 2.98. The van der Waals surface area contributed by atoms with Crippen LogP contribution in [0.2, 0.25) is 0 Å². The molecule has 0 atom stereocenters. The third-order valence-corrected chi connectivity index (χ3v) is 6.07. The molecule has 0 bridgehead atoms. The number of anilines is 1. The molecule has 185 valence electrons. The molecule has 0 spiro atoms. The Labute approximate surface area is 238 Å². The van der Waals surface area contributed by atoms with Gasteiger partial charge in [-0.05, 0) is 55.3 Å². The Kier molecular flexibility index (Phi) is 11.6. The summed E-state index contributed by atoms with van der Waals surface area (Å²) in [5.41, 5.74) is -1.02. The van der Waals surface area contributed by atoms with Gasteiger partial charge in [0.05, 0.1) is 26.9 Å². The van der Waals surface area contributed by atoms with Crippen molar-refractivity contribution in [3.8, 4) is 0 Å². The zero-order chi connectivity index (χ0) is 24.7. The SMILES string of the molecule is CC1=NN(c2ccc(S(=O)(=O)[O-])cc2C)C(=O)/C1=N\N=C1/C=C(S(=O)(=O)[O-])C=CC1=C([O-])[O-].[Cr+3].[Na+].[OH-]. The van der Waals surface area contributed by atoms with E-state index in [1.165, 1.54) is 19.9 Å². The van der Waals surface area contributed by atoms with E-state index in [9.17, 15) is 40.9 Å². The minimum Gasteiger partial charge on any atom is -0.883 e. The van der Waals surface area contributed by atoms with Gasteiger partial charge < -0.3 is 24.8 Å². The maximum atomic E-state index is 12.8. The number of amides is 1. The van der Waals surface area contributed by atoms with Crippen LogP contribution in [-0.2, 0) is 42.4 Å². The summed E-state index contributed by atoms with van der Waals surface area (Å²) in [5.74, 6) is -2.54. The number of benzene rings is 1. The van der Waals surface area contributed by atoms with Crippen molar-refractivity contribution < 1.29 is 93.3 Å². The first-order valence-corrected chi connectivity index (χ1v) is 11.6. The van der Waals surface area contributed by atoms with Crippen molar-refractivity contribution >= 4 is 49.0 Å². The van der Waals surface area contributed by atoms with E-state index < -0.39 is 53.2 Å². The Bertz CT molecular complexity index is 1470. The predicted octanol–water partition coefficient (Wildman–Crippen LogP) is -4.83. The number of hydrazone groups is 1. The van der Waals surface area contributed by atoms with Gasteiger partial charge in [-0.2, -0.15) is 16.1 Å². The molecule has 1 aromatic carbocycles. The van der Waals surface area contributed by atoms with Crippen LogP contribution in [0.1, 0.15) is 12.5 Å². The summed E-state index contributed by atoms with van der Waals surface area (Å²) in [6.07, 6.45) is 2.24. The Morgan fingerprint density at radius 3 is 2.11 bits per heavy atom. The second-order valence-corrected chi connectivity index (χ2v) is 9.43. The molecule has 0 saturated carbocycles. The largest absolute Gasteiger partial charge is 3.00 e. The van der Waals surface area contributed by atoms with Crippen LogP contribution in [0.5, 0.6) is 0 Å². The maximum Gasteiger partial charge on any atom is 3.00 e. The van der Waals surface area contributed by atoms with E-state index in [0.717, 1.165) is 29.3 Å². The van der Waals surface area contributed by atoms with E-state index in [2.05, 4.69) is 15.3 Å². The van der Waals surface area contributed by atoms with Crippen LogP contribution < -0.4 is 44.8 Å². The Hall–Kier alpha value is -2.17. The van der Waals surface area contributed by atoms with Crippen LogP contribution in [0.4, 0.5) is 5.69 Å². The molecule has 1 heterocycles. The van der Waals surface area contributed by atoms with Crippen LogP contribution in [0.25, 0.3) is 0 Å². The predicted molar refractivity (Wildman–Crippen MR) is 110 cm³/mol. The molecule has 1 amide bonds. The second kappa shape index (κ2) is 12.4. The third kappa shape index (κ3) is 7.20. The van der Waals surface area contributed by atoms with Crippen molar-refractivity contribution in [2.45, 2.75) is 18.7 Å². The molecule has 1 aliphatic carbocycles. The van der Waals surface area contributed by atoms with E-state index in [-0.39, 0.29) is 75.1 Å². The molecule has 1 radical (unpaired) electrons. The van der Waals surface area contributed by atoms with Gasteiger partial charge in [-0.15, -0.1) is 10.2 Å². The van der Waals surface area contributed by atoms with E-state index in [4.69, 9.17) is 0 Å². The number of allylic oxidation sites excluding steroid dienone is 4. The van der Waals surface area contributed by atoms with Gasteiger partial charge in [-0.25, -0.2) is 16.8 Å². The molecule has 1 N–H and O–H groups in total. The van der Waals surface area contributed by atoms with Crippen molar-refractivity contribution in [3.05, 3.63) is 58.4 Å². The molecule has 36 heavy (non-hydrogen) atoms. The fourth-order valence-corrected chi connectivity index (χ4v) is 3.87. The fraction of sp³-hybridized carbons (Fsp3) is 0.111. The summed E-state index contributed by atoms with van der Waals surface area (Å²) in [6.45, 7) is 2.83. The molecular weight excluding hydrogens is 571 g/mol. The van der Waals surface area contributed by atoms with Crippen LogP contribution in [0.15, 0.2) is 73.1 Å². The van der Waals surface area contributed by atoms with Crippen LogP contribution in [-0.4, -0.2) is 54.5 Å². The van der Waals surface area contributed by atoms with Crippen molar-refractivity contribution in [2.75, 3.05) is 5.01 Å². The molecule has 0 fully saturated rings. The first kappa shape index (κ1) is 33.8. The topological polar surface area (TPSA) is 248 Å².